The largest absolute Gasteiger partial charge is 0.452 e. The molecular weight excluding hydrogens is 477 g/mol. The smallest absolute Gasteiger partial charge is 0.321 e. The van der Waals surface area contributed by atoms with E-state index in [1.165, 1.54) is 26.1 Å². The Kier molecular flexibility index (Phi) is 8.28. The zero-order valence-corrected chi connectivity index (χ0v) is 17.3. The predicted molar refractivity (Wildman–Crippen MR) is 97.5 cm³/mol. The topological polar surface area (TPSA) is 131 Å². The van der Waals surface area contributed by atoms with Crippen LogP contribution in [0.1, 0.15) is 6.92 Å². The van der Waals surface area contributed by atoms with Crippen molar-refractivity contribution in [1.29, 1.82) is 0 Å². The molecule has 1 aromatic rings. The number of halogens is 3. The molecule has 1 unspecified atom stereocenters. The van der Waals surface area contributed by atoms with Gasteiger partial charge in [0.25, 0.3) is 5.91 Å². The molecule has 0 aromatic heterocycles. The zero-order chi connectivity index (χ0) is 20.1. The Bertz CT molecular complexity index is 810. The van der Waals surface area contributed by atoms with Crippen LogP contribution in [0.15, 0.2) is 21.5 Å². The number of hydrogen-bond acceptors (Lipinski definition) is 6. The first-order chi connectivity index (χ1) is 12.0. The molecule has 144 valence electrons. The fraction of sp³-hybridized carbons (Fsp3) is 0.308. The van der Waals surface area contributed by atoms with E-state index in [4.69, 9.17) is 27.9 Å². The highest BCUT2D eigenvalue weighted by atomic mass is 79.9. The van der Waals surface area contributed by atoms with E-state index in [0.29, 0.717) is 4.47 Å². The van der Waals surface area contributed by atoms with Crippen molar-refractivity contribution in [2.75, 3.05) is 13.6 Å². The number of rotatable bonds is 6. The number of carbonyl (C=O) groups excluding carboxylic acids is 3. The molecule has 26 heavy (non-hydrogen) atoms. The summed E-state index contributed by atoms with van der Waals surface area (Å²) in [7, 11) is -2.91. The summed E-state index contributed by atoms with van der Waals surface area (Å²) in [5.41, 5.74) is 0. The second kappa shape index (κ2) is 9.51. The Balaban J connectivity index is 2.72. The van der Waals surface area contributed by atoms with Crippen LogP contribution in [0.5, 0.6) is 0 Å². The molecule has 13 heteroatoms. The summed E-state index contributed by atoms with van der Waals surface area (Å²) in [6, 6.07) is 1.87. The van der Waals surface area contributed by atoms with E-state index >= 15 is 0 Å². The van der Waals surface area contributed by atoms with E-state index in [9.17, 15) is 22.8 Å². The minimum absolute atomic E-state index is 0.149. The first kappa shape index (κ1) is 22.6. The van der Waals surface area contributed by atoms with Gasteiger partial charge in [0.2, 0.25) is 10.0 Å². The number of carbonyl (C=O) groups is 3. The molecule has 0 radical (unpaired) electrons. The molecule has 0 bridgehead atoms. The van der Waals surface area contributed by atoms with Crippen molar-refractivity contribution >= 4 is 67.1 Å². The molecular formula is C13H14BrCl2N3O6S. The van der Waals surface area contributed by atoms with Gasteiger partial charge in [-0.15, -0.1) is 0 Å². The summed E-state index contributed by atoms with van der Waals surface area (Å²) >= 11 is 14.9. The Morgan fingerprint density at radius 3 is 2.27 bits per heavy atom. The minimum Gasteiger partial charge on any atom is -0.452 e. The second-order valence-electron chi connectivity index (χ2n) is 4.72. The van der Waals surface area contributed by atoms with Crippen LogP contribution < -0.4 is 15.4 Å². The molecule has 0 heterocycles. The molecule has 1 atom stereocenters. The number of benzene rings is 1. The van der Waals surface area contributed by atoms with Crippen LogP contribution in [0, 0.1) is 0 Å². The Morgan fingerprint density at radius 1 is 1.23 bits per heavy atom. The molecule has 0 aliphatic rings. The summed E-state index contributed by atoms with van der Waals surface area (Å²) < 4.78 is 31.7. The molecule has 0 saturated carbocycles. The standard InChI is InChI=1S/C13H14BrCl2N3O6S/c1-6(12(21)19-13(22)17-2)25-10(20)5-18-26(23,24)11-8(15)3-7(14)4-9(11)16/h3-4,6,18H,5H2,1-2H3,(H2,17,19,21,22). The van der Waals surface area contributed by atoms with Crippen LogP contribution >= 0.6 is 39.1 Å². The normalized spacial score (nSPS) is 12.2. The summed E-state index contributed by atoms with van der Waals surface area (Å²) in [6.07, 6.45) is -1.32. The lowest BCUT2D eigenvalue weighted by Gasteiger charge is -2.14. The second-order valence-corrected chi connectivity index (χ2v) is 8.16. The lowest BCUT2D eigenvalue weighted by molar-refractivity contribution is -0.153. The maximum atomic E-state index is 12.3. The third kappa shape index (κ3) is 6.40. The maximum absolute atomic E-state index is 12.3. The van der Waals surface area contributed by atoms with Crippen LogP contribution in [0.2, 0.25) is 10.0 Å². The Morgan fingerprint density at radius 2 is 1.77 bits per heavy atom. The predicted octanol–water partition coefficient (Wildman–Crippen LogP) is 1.42. The third-order valence-electron chi connectivity index (χ3n) is 2.78. The van der Waals surface area contributed by atoms with Gasteiger partial charge < -0.3 is 10.1 Å². The van der Waals surface area contributed by atoms with E-state index in [1.54, 1.807) is 0 Å². The number of nitrogens with one attached hydrogen (secondary N) is 3. The van der Waals surface area contributed by atoms with E-state index in [1.807, 2.05) is 10.0 Å². The maximum Gasteiger partial charge on any atom is 0.321 e. The van der Waals surface area contributed by atoms with Gasteiger partial charge in [-0.2, -0.15) is 4.72 Å². The average molecular weight is 491 g/mol. The van der Waals surface area contributed by atoms with Crippen molar-refractivity contribution in [3.8, 4) is 0 Å². The van der Waals surface area contributed by atoms with Gasteiger partial charge in [0.05, 0.1) is 10.0 Å². The monoisotopic (exact) mass is 489 g/mol. The van der Waals surface area contributed by atoms with Crippen LogP contribution in [0.25, 0.3) is 0 Å². The molecule has 0 fully saturated rings. The summed E-state index contributed by atoms with van der Waals surface area (Å²) in [6.45, 7) is 0.440. The van der Waals surface area contributed by atoms with E-state index < -0.39 is 45.5 Å². The number of esters is 1. The molecule has 0 spiro atoms. The number of ether oxygens (including phenoxy) is 1. The van der Waals surface area contributed by atoms with Gasteiger partial charge in [-0.1, -0.05) is 39.1 Å². The highest BCUT2D eigenvalue weighted by Crippen LogP contribution is 2.32. The van der Waals surface area contributed by atoms with Crippen LogP contribution in [0.3, 0.4) is 0 Å². The highest BCUT2D eigenvalue weighted by Gasteiger charge is 2.25. The number of sulfonamides is 1. The van der Waals surface area contributed by atoms with Crippen LogP contribution in [-0.2, 0) is 24.3 Å². The molecule has 1 rings (SSSR count). The number of urea groups is 1. The lowest BCUT2D eigenvalue weighted by atomic mass is 10.4. The number of amides is 3. The van der Waals surface area contributed by atoms with E-state index in [2.05, 4.69) is 21.2 Å². The van der Waals surface area contributed by atoms with Crippen LogP contribution in [-0.4, -0.2) is 46.0 Å². The van der Waals surface area contributed by atoms with Crippen molar-refractivity contribution < 1.29 is 27.5 Å². The average Bonchev–Trinajstić information content (AvgIpc) is 2.51. The van der Waals surface area contributed by atoms with Crippen molar-refractivity contribution in [2.45, 2.75) is 17.9 Å². The molecule has 3 N–H and O–H groups in total. The quantitative estimate of drug-likeness (QED) is 0.517. The Hall–Kier alpha value is -1.40. The van der Waals surface area contributed by atoms with Gasteiger partial charge in [-0.25, -0.2) is 13.2 Å². The lowest BCUT2D eigenvalue weighted by Crippen LogP contribution is -2.44. The van der Waals surface area contributed by atoms with E-state index in [-0.39, 0.29) is 10.0 Å². The van der Waals surface area contributed by atoms with Crippen molar-refractivity contribution in [2.24, 2.45) is 0 Å². The van der Waals surface area contributed by atoms with E-state index in [0.717, 1.165) is 0 Å². The fourth-order valence-corrected chi connectivity index (χ4v) is 4.48. The molecule has 0 aliphatic carbocycles. The van der Waals surface area contributed by atoms with Gasteiger partial charge in [0.1, 0.15) is 11.4 Å². The zero-order valence-electron chi connectivity index (χ0n) is 13.4. The van der Waals surface area contributed by atoms with Gasteiger partial charge in [-0.05, 0) is 19.1 Å². The van der Waals surface area contributed by atoms with Gasteiger partial charge in [-0.3, -0.25) is 14.9 Å². The molecule has 0 saturated heterocycles. The summed E-state index contributed by atoms with van der Waals surface area (Å²) in [5.74, 6) is -1.92. The SMILES string of the molecule is CNC(=O)NC(=O)C(C)OC(=O)CNS(=O)(=O)c1c(Cl)cc(Br)cc1Cl. The van der Waals surface area contributed by atoms with Gasteiger partial charge in [0.15, 0.2) is 6.10 Å². The minimum atomic E-state index is -4.21. The van der Waals surface area contributed by atoms with Crippen LogP contribution in [0.4, 0.5) is 4.79 Å². The number of imide groups is 1. The van der Waals surface area contributed by atoms with Crippen molar-refractivity contribution in [3.05, 3.63) is 26.7 Å². The molecule has 3 amide bonds. The molecule has 9 nitrogen and oxygen atoms in total. The van der Waals surface area contributed by atoms with Crippen molar-refractivity contribution in [3.63, 3.8) is 0 Å². The summed E-state index contributed by atoms with van der Waals surface area (Å²) in [5, 5.41) is 3.76. The molecule has 1 aromatic carbocycles. The number of hydrogen-bond donors (Lipinski definition) is 3. The molecule has 0 aliphatic heterocycles. The van der Waals surface area contributed by atoms with Gasteiger partial charge >= 0.3 is 12.0 Å². The third-order valence-corrected chi connectivity index (χ3v) is 5.56. The Labute approximate surface area is 167 Å². The first-order valence-electron chi connectivity index (χ1n) is 6.84. The fourth-order valence-electron chi connectivity index (χ4n) is 1.58. The highest BCUT2D eigenvalue weighted by molar-refractivity contribution is 9.10. The van der Waals surface area contributed by atoms with Gasteiger partial charge in [0, 0.05) is 11.5 Å². The summed E-state index contributed by atoms with van der Waals surface area (Å²) in [4.78, 5) is 33.9. The van der Waals surface area contributed by atoms with Crippen molar-refractivity contribution in [1.82, 2.24) is 15.4 Å². The first-order valence-corrected chi connectivity index (χ1v) is 9.87.